The number of nitrogens with one attached hydrogen (secondary N) is 1. The number of hydrogen-bond donors (Lipinski definition) is 2. The van der Waals surface area contributed by atoms with E-state index in [2.05, 4.69) is 29.6 Å². The van der Waals surface area contributed by atoms with Crippen LogP contribution in [0, 0.1) is 5.92 Å². The second-order valence-corrected chi connectivity index (χ2v) is 6.32. The van der Waals surface area contributed by atoms with E-state index in [9.17, 15) is 4.79 Å². The highest BCUT2D eigenvalue weighted by atomic mass is 16.3. The van der Waals surface area contributed by atoms with Crippen LogP contribution in [0.3, 0.4) is 0 Å². The van der Waals surface area contributed by atoms with Crippen molar-refractivity contribution in [3.63, 3.8) is 0 Å². The number of hydrogen-bond acceptors (Lipinski definition) is 3. The molecule has 0 aliphatic heterocycles. The lowest BCUT2D eigenvalue weighted by Gasteiger charge is -2.32. The second-order valence-electron chi connectivity index (χ2n) is 6.32. The van der Waals surface area contributed by atoms with Crippen LogP contribution in [0.1, 0.15) is 47.4 Å². The Labute approximate surface area is 137 Å². The summed E-state index contributed by atoms with van der Waals surface area (Å²) < 4.78 is 5.26. The van der Waals surface area contributed by atoms with Crippen molar-refractivity contribution in [3.8, 4) is 0 Å². The number of carbonyl (C=O) groups excluding carboxylic acids is 1. The maximum Gasteiger partial charge on any atom is 0.254 e. The Morgan fingerprint density at radius 3 is 2.74 bits per heavy atom. The van der Waals surface area contributed by atoms with E-state index in [0.29, 0.717) is 23.8 Å². The van der Waals surface area contributed by atoms with Crippen molar-refractivity contribution in [2.24, 2.45) is 11.7 Å². The summed E-state index contributed by atoms with van der Waals surface area (Å²) in [6.07, 6.45) is 7.14. The Kier molecular flexibility index (Phi) is 5.13. The third-order valence-electron chi connectivity index (χ3n) is 4.68. The smallest absolute Gasteiger partial charge is 0.254 e. The van der Waals surface area contributed by atoms with Crippen LogP contribution in [0.5, 0.6) is 0 Å². The van der Waals surface area contributed by atoms with Crippen molar-refractivity contribution in [2.45, 2.75) is 44.7 Å². The van der Waals surface area contributed by atoms with Crippen LogP contribution >= 0.6 is 0 Å². The highest BCUT2D eigenvalue weighted by molar-refractivity contribution is 5.94. The third kappa shape index (κ3) is 4.02. The standard InChI is InChI=1S/C19H24N2O2/c20-12-17-11-16(13-23-17)19(22)21-18-9-5-4-8-15(18)10-14-6-2-1-3-7-14/h1-3,6-7,11,13,15,18H,4-5,8-10,12,20H2,(H,21,22). The zero-order valence-corrected chi connectivity index (χ0v) is 13.3. The molecule has 2 aromatic rings. The van der Waals surface area contributed by atoms with Crippen molar-refractivity contribution in [3.05, 3.63) is 59.5 Å². The van der Waals surface area contributed by atoms with Crippen LogP contribution in [0.4, 0.5) is 0 Å². The molecule has 122 valence electrons. The first-order valence-corrected chi connectivity index (χ1v) is 8.38. The maximum atomic E-state index is 12.4. The van der Waals surface area contributed by atoms with Gasteiger partial charge in [-0.3, -0.25) is 4.79 Å². The molecule has 0 bridgehead atoms. The first-order valence-electron chi connectivity index (χ1n) is 8.38. The average Bonchev–Trinajstić information content (AvgIpc) is 3.07. The van der Waals surface area contributed by atoms with Gasteiger partial charge in [-0.25, -0.2) is 0 Å². The fraction of sp³-hybridized carbons (Fsp3) is 0.421. The van der Waals surface area contributed by atoms with E-state index in [1.807, 2.05) is 6.07 Å². The number of carbonyl (C=O) groups is 1. The van der Waals surface area contributed by atoms with Gasteiger partial charge >= 0.3 is 0 Å². The SMILES string of the molecule is NCc1cc(C(=O)NC2CCCCC2Cc2ccccc2)co1. The summed E-state index contributed by atoms with van der Waals surface area (Å²) in [5.41, 5.74) is 7.43. The second kappa shape index (κ2) is 7.47. The van der Waals surface area contributed by atoms with Gasteiger partial charge in [0.1, 0.15) is 12.0 Å². The van der Waals surface area contributed by atoms with E-state index < -0.39 is 0 Å². The summed E-state index contributed by atoms with van der Waals surface area (Å²) in [6, 6.07) is 12.5. The molecule has 4 nitrogen and oxygen atoms in total. The van der Waals surface area contributed by atoms with E-state index in [1.54, 1.807) is 6.07 Å². The molecule has 3 N–H and O–H groups in total. The van der Waals surface area contributed by atoms with Crippen molar-refractivity contribution in [1.29, 1.82) is 0 Å². The molecule has 1 fully saturated rings. The number of nitrogens with two attached hydrogens (primary N) is 1. The molecule has 1 amide bonds. The lowest BCUT2D eigenvalue weighted by atomic mass is 9.80. The molecule has 4 heteroatoms. The zero-order valence-electron chi connectivity index (χ0n) is 13.3. The number of rotatable bonds is 5. The van der Waals surface area contributed by atoms with Crippen LogP contribution < -0.4 is 11.1 Å². The Hall–Kier alpha value is -2.07. The molecular weight excluding hydrogens is 288 g/mol. The highest BCUT2D eigenvalue weighted by Crippen LogP contribution is 2.28. The van der Waals surface area contributed by atoms with Gasteiger partial charge in [-0.2, -0.15) is 0 Å². The summed E-state index contributed by atoms with van der Waals surface area (Å²) >= 11 is 0. The summed E-state index contributed by atoms with van der Waals surface area (Å²) in [5, 5.41) is 3.20. The van der Waals surface area contributed by atoms with E-state index in [-0.39, 0.29) is 11.9 Å². The van der Waals surface area contributed by atoms with E-state index in [4.69, 9.17) is 10.2 Å². The van der Waals surface area contributed by atoms with Gasteiger partial charge < -0.3 is 15.5 Å². The van der Waals surface area contributed by atoms with Gasteiger partial charge in [-0.05, 0) is 36.8 Å². The topological polar surface area (TPSA) is 68.3 Å². The van der Waals surface area contributed by atoms with Crippen LogP contribution in [-0.4, -0.2) is 11.9 Å². The quantitative estimate of drug-likeness (QED) is 0.890. The fourth-order valence-corrected chi connectivity index (χ4v) is 3.42. The number of benzene rings is 1. The third-order valence-corrected chi connectivity index (χ3v) is 4.68. The molecule has 1 saturated carbocycles. The largest absolute Gasteiger partial charge is 0.467 e. The normalized spacial score (nSPS) is 21.1. The van der Waals surface area contributed by atoms with Gasteiger partial charge in [0.2, 0.25) is 0 Å². The number of amides is 1. The molecule has 2 unspecified atom stereocenters. The number of furan rings is 1. The molecular formula is C19H24N2O2. The maximum absolute atomic E-state index is 12.4. The van der Waals surface area contributed by atoms with Crippen molar-refractivity contribution < 1.29 is 9.21 Å². The molecule has 23 heavy (non-hydrogen) atoms. The fourth-order valence-electron chi connectivity index (χ4n) is 3.42. The minimum Gasteiger partial charge on any atom is -0.467 e. The lowest BCUT2D eigenvalue weighted by molar-refractivity contribution is 0.0905. The van der Waals surface area contributed by atoms with Gasteiger partial charge in [0.15, 0.2) is 0 Å². The Morgan fingerprint density at radius 2 is 2.00 bits per heavy atom. The van der Waals surface area contributed by atoms with Gasteiger partial charge in [-0.1, -0.05) is 43.2 Å². The molecule has 2 atom stereocenters. The van der Waals surface area contributed by atoms with Crippen molar-refractivity contribution >= 4 is 5.91 Å². The minimum absolute atomic E-state index is 0.0570. The summed E-state index contributed by atoms with van der Waals surface area (Å²) in [4.78, 5) is 12.4. The van der Waals surface area contributed by atoms with Gasteiger partial charge in [0, 0.05) is 6.04 Å². The lowest BCUT2D eigenvalue weighted by Crippen LogP contribution is -2.42. The minimum atomic E-state index is -0.0570. The molecule has 1 aromatic heterocycles. The molecule has 0 saturated heterocycles. The summed E-state index contributed by atoms with van der Waals surface area (Å²) in [7, 11) is 0. The first-order chi connectivity index (χ1) is 11.3. The van der Waals surface area contributed by atoms with Crippen molar-refractivity contribution in [2.75, 3.05) is 0 Å². The zero-order chi connectivity index (χ0) is 16.1. The van der Waals surface area contributed by atoms with Gasteiger partial charge in [0.05, 0.1) is 12.1 Å². The Balaban J connectivity index is 1.65. The molecule has 1 heterocycles. The van der Waals surface area contributed by atoms with Crippen LogP contribution in [0.15, 0.2) is 47.1 Å². The average molecular weight is 312 g/mol. The predicted octanol–water partition coefficient (Wildman–Crippen LogP) is 3.27. The monoisotopic (exact) mass is 312 g/mol. The molecule has 0 spiro atoms. The first kappa shape index (κ1) is 15.8. The van der Waals surface area contributed by atoms with E-state index >= 15 is 0 Å². The van der Waals surface area contributed by atoms with Crippen LogP contribution in [0.25, 0.3) is 0 Å². The van der Waals surface area contributed by atoms with E-state index in [1.165, 1.54) is 31.1 Å². The van der Waals surface area contributed by atoms with Crippen LogP contribution in [-0.2, 0) is 13.0 Å². The van der Waals surface area contributed by atoms with Crippen molar-refractivity contribution in [1.82, 2.24) is 5.32 Å². The Bertz CT molecular complexity index is 636. The van der Waals surface area contributed by atoms with E-state index in [0.717, 1.165) is 12.8 Å². The summed E-state index contributed by atoms with van der Waals surface area (Å²) in [6.45, 7) is 0.313. The highest BCUT2D eigenvalue weighted by Gasteiger charge is 2.27. The van der Waals surface area contributed by atoms with Gasteiger partial charge in [0.25, 0.3) is 5.91 Å². The molecule has 1 aliphatic rings. The molecule has 0 radical (unpaired) electrons. The van der Waals surface area contributed by atoms with Gasteiger partial charge in [-0.15, -0.1) is 0 Å². The summed E-state index contributed by atoms with van der Waals surface area (Å²) in [5.74, 6) is 1.08. The predicted molar refractivity (Wildman–Crippen MR) is 90.0 cm³/mol. The Morgan fingerprint density at radius 1 is 1.22 bits per heavy atom. The molecule has 3 rings (SSSR count). The molecule has 1 aromatic carbocycles. The molecule has 1 aliphatic carbocycles. The van der Waals surface area contributed by atoms with Crippen LogP contribution in [0.2, 0.25) is 0 Å².